The second kappa shape index (κ2) is 8.43. The summed E-state index contributed by atoms with van der Waals surface area (Å²) in [5.41, 5.74) is 1.18. The molecule has 3 atom stereocenters. The van der Waals surface area contributed by atoms with Crippen LogP contribution in [0.25, 0.3) is 0 Å². The molecule has 7 heteroatoms. The maximum absolute atomic E-state index is 12.8. The van der Waals surface area contributed by atoms with E-state index in [1.807, 2.05) is 23.9 Å². The predicted molar refractivity (Wildman–Crippen MR) is 112 cm³/mol. The van der Waals surface area contributed by atoms with E-state index in [0.29, 0.717) is 24.3 Å². The van der Waals surface area contributed by atoms with E-state index in [1.54, 1.807) is 0 Å². The summed E-state index contributed by atoms with van der Waals surface area (Å²) in [5, 5.41) is 6.50. The fourth-order valence-corrected chi connectivity index (χ4v) is 6.04. The van der Waals surface area contributed by atoms with Gasteiger partial charge in [-0.3, -0.25) is 4.79 Å². The van der Waals surface area contributed by atoms with Crippen LogP contribution in [0.4, 0.5) is 4.79 Å². The number of urea groups is 1. The zero-order valence-corrected chi connectivity index (χ0v) is 17.7. The van der Waals surface area contributed by atoms with Gasteiger partial charge in [-0.05, 0) is 43.4 Å². The summed E-state index contributed by atoms with van der Waals surface area (Å²) in [6, 6.07) is 9.17. The molecule has 3 aliphatic rings. The first-order valence-electron chi connectivity index (χ1n) is 9.83. The molecule has 1 saturated carbocycles. The molecule has 146 valence electrons. The lowest BCUT2D eigenvalue weighted by molar-refractivity contribution is -0.132. The van der Waals surface area contributed by atoms with Crippen LogP contribution in [0.1, 0.15) is 44.1 Å². The van der Waals surface area contributed by atoms with E-state index in [2.05, 4.69) is 43.6 Å². The molecule has 0 bridgehead atoms. The van der Waals surface area contributed by atoms with Crippen molar-refractivity contribution < 1.29 is 9.59 Å². The smallest absolute Gasteiger partial charge is 0.315 e. The van der Waals surface area contributed by atoms with E-state index in [1.165, 1.54) is 5.56 Å². The lowest BCUT2D eigenvalue weighted by Crippen LogP contribution is -2.36. The summed E-state index contributed by atoms with van der Waals surface area (Å²) in [7, 11) is 0. The summed E-state index contributed by atoms with van der Waals surface area (Å²) < 4.78 is 1.06. The summed E-state index contributed by atoms with van der Waals surface area (Å²) in [6.07, 6.45) is 5.92. The summed E-state index contributed by atoms with van der Waals surface area (Å²) in [4.78, 5) is 26.3. The van der Waals surface area contributed by atoms with Gasteiger partial charge in [0.05, 0.1) is 12.1 Å². The van der Waals surface area contributed by atoms with Crippen molar-refractivity contribution >= 4 is 39.6 Å². The lowest BCUT2D eigenvalue weighted by Gasteiger charge is -2.23. The molecule has 0 radical (unpaired) electrons. The average Bonchev–Trinajstić information content (AvgIpc) is 3.32. The van der Waals surface area contributed by atoms with Crippen LogP contribution in [-0.2, 0) is 11.3 Å². The molecule has 0 unspecified atom stereocenters. The Hall–Kier alpha value is -1.21. The van der Waals surface area contributed by atoms with Crippen molar-refractivity contribution in [2.24, 2.45) is 0 Å². The Bertz CT molecular complexity index is 712. The number of thioether (sulfide) groups is 1. The van der Waals surface area contributed by atoms with Gasteiger partial charge in [-0.15, -0.1) is 0 Å². The molecular weight excluding hydrogens is 426 g/mol. The van der Waals surface area contributed by atoms with E-state index in [9.17, 15) is 9.59 Å². The van der Waals surface area contributed by atoms with Crippen LogP contribution in [0.5, 0.6) is 0 Å². The van der Waals surface area contributed by atoms with Crippen LogP contribution in [0, 0.1) is 0 Å². The number of nitrogens with zero attached hydrogens (tertiary/aromatic N) is 1. The third-order valence-corrected chi connectivity index (χ3v) is 7.62. The van der Waals surface area contributed by atoms with Gasteiger partial charge in [-0.1, -0.05) is 34.5 Å². The zero-order valence-electron chi connectivity index (χ0n) is 15.3. The van der Waals surface area contributed by atoms with E-state index in [4.69, 9.17) is 0 Å². The average molecular weight is 452 g/mol. The van der Waals surface area contributed by atoms with Crippen LogP contribution >= 0.6 is 27.7 Å². The first-order valence-corrected chi connectivity index (χ1v) is 11.7. The molecule has 4 rings (SSSR count). The van der Waals surface area contributed by atoms with Gasteiger partial charge in [0.15, 0.2) is 0 Å². The van der Waals surface area contributed by atoms with Crippen molar-refractivity contribution in [2.75, 3.05) is 5.75 Å². The standard InChI is InChI=1S/C20H26BrN3O2S/c21-14-5-3-4-13(10-14)11-24(15-8-9-15)18(25)7-2-1-6-17-19-16(12-27-17)22-20(26)23-19/h3-5,10,15-17,19H,1-2,6-9,11-12H2,(H2,22,23,26)/t16-,17-,19-/m0/s1. The molecule has 5 nitrogen and oxygen atoms in total. The van der Waals surface area contributed by atoms with Gasteiger partial charge < -0.3 is 15.5 Å². The fraction of sp³-hybridized carbons (Fsp3) is 0.600. The number of hydrogen-bond acceptors (Lipinski definition) is 3. The molecule has 0 aromatic heterocycles. The molecule has 2 N–H and O–H groups in total. The van der Waals surface area contributed by atoms with E-state index in [0.717, 1.165) is 42.3 Å². The Labute approximate surface area is 173 Å². The number of benzene rings is 1. The Morgan fingerprint density at radius 1 is 1.26 bits per heavy atom. The Kier molecular flexibility index (Phi) is 5.97. The fourth-order valence-electron chi connectivity index (χ4n) is 4.05. The van der Waals surface area contributed by atoms with Gasteiger partial charge in [-0.2, -0.15) is 11.8 Å². The molecule has 3 amide bonds. The number of fused-ring (bicyclic) bond motifs is 1. The SMILES string of the molecule is O=C1N[C@H]2[C@H](CS[C@H]2CCCCC(=O)N(Cc2cccc(Br)c2)C2CC2)N1. The summed E-state index contributed by atoms with van der Waals surface area (Å²) in [5.74, 6) is 1.28. The minimum atomic E-state index is -0.0295. The minimum Gasteiger partial charge on any atom is -0.335 e. The maximum atomic E-state index is 12.8. The molecule has 1 aromatic rings. The molecule has 27 heavy (non-hydrogen) atoms. The number of unbranched alkanes of at least 4 members (excludes halogenated alkanes) is 1. The highest BCUT2D eigenvalue weighted by atomic mass is 79.9. The molecule has 2 heterocycles. The topological polar surface area (TPSA) is 61.4 Å². The van der Waals surface area contributed by atoms with Gasteiger partial charge in [0.2, 0.25) is 5.91 Å². The van der Waals surface area contributed by atoms with Crippen LogP contribution < -0.4 is 10.6 Å². The Balaban J connectivity index is 1.22. The third kappa shape index (κ3) is 4.80. The van der Waals surface area contributed by atoms with Crippen molar-refractivity contribution in [3.05, 3.63) is 34.3 Å². The van der Waals surface area contributed by atoms with Crippen molar-refractivity contribution in [3.63, 3.8) is 0 Å². The second-order valence-corrected chi connectivity index (χ2v) is 9.94. The highest BCUT2D eigenvalue weighted by Crippen LogP contribution is 2.34. The quantitative estimate of drug-likeness (QED) is 0.468. The van der Waals surface area contributed by atoms with E-state index >= 15 is 0 Å². The monoisotopic (exact) mass is 451 g/mol. The predicted octanol–water partition coefficient (Wildman–Crippen LogP) is 3.67. The van der Waals surface area contributed by atoms with Crippen molar-refractivity contribution in [1.29, 1.82) is 0 Å². The normalized spacial score (nSPS) is 26.4. The Morgan fingerprint density at radius 2 is 2.11 bits per heavy atom. The van der Waals surface area contributed by atoms with Crippen molar-refractivity contribution in [3.8, 4) is 0 Å². The molecule has 1 aromatic carbocycles. The summed E-state index contributed by atoms with van der Waals surface area (Å²) >= 11 is 5.45. The number of hydrogen-bond donors (Lipinski definition) is 2. The van der Waals surface area contributed by atoms with Gasteiger partial charge >= 0.3 is 6.03 Å². The van der Waals surface area contributed by atoms with E-state index in [-0.39, 0.29) is 24.0 Å². The van der Waals surface area contributed by atoms with Crippen LogP contribution in [-0.4, -0.2) is 46.0 Å². The van der Waals surface area contributed by atoms with Crippen LogP contribution in [0.3, 0.4) is 0 Å². The largest absolute Gasteiger partial charge is 0.335 e. The first kappa shape index (κ1) is 19.1. The molecule has 1 aliphatic carbocycles. The zero-order chi connectivity index (χ0) is 18.8. The maximum Gasteiger partial charge on any atom is 0.315 e. The number of halogens is 1. The first-order chi connectivity index (χ1) is 13.1. The molecular formula is C20H26BrN3O2S. The van der Waals surface area contributed by atoms with Gasteiger partial charge in [0, 0.05) is 34.5 Å². The molecule has 2 saturated heterocycles. The lowest BCUT2D eigenvalue weighted by atomic mass is 10.0. The van der Waals surface area contributed by atoms with Gasteiger partial charge in [0.25, 0.3) is 0 Å². The van der Waals surface area contributed by atoms with Crippen LogP contribution in [0.15, 0.2) is 28.7 Å². The number of carbonyl (C=O) groups is 2. The summed E-state index contributed by atoms with van der Waals surface area (Å²) in [6.45, 7) is 0.711. The second-order valence-electron chi connectivity index (χ2n) is 7.75. The number of rotatable bonds is 8. The molecule has 0 spiro atoms. The molecule has 3 fully saturated rings. The third-order valence-electron chi connectivity index (χ3n) is 5.62. The van der Waals surface area contributed by atoms with E-state index < -0.39 is 0 Å². The highest BCUT2D eigenvalue weighted by Gasteiger charge is 2.42. The van der Waals surface area contributed by atoms with Crippen LogP contribution in [0.2, 0.25) is 0 Å². The van der Waals surface area contributed by atoms with Gasteiger partial charge in [-0.25, -0.2) is 4.79 Å². The van der Waals surface area contributed by atoms with Crippen molar-refractivity contribution in [2.45, 2.75) is 68.4 Å². The van der Waals surface area contributed by atoms with Crippen molar-refractivity contribution in [1.82, 2.24) is 15.5 Å². The minimum absolute atomic E-state index is 0.0295. The number of nitrogens with one attached hydrogen (secondary N) is 2. The van der Waals surface area contributed by atoms with Gasteiger partial charge in [0.1, 0.15) is 0 Å². The Morgan fingerprint density at radius 3 is 2.89 bits per heavy atom. The highest BCUT2D eigenvalue weighted by molar-refractivity contribution is 9.10. The molecule has 2 aliphatic heterocycles. The number of carbonyl (C=O) groups excluding carboxylic acids is 2. The number of amides is 3.